The Balaban J connectivity index is 1.53. The van der Waals surface area contributed by atoms with Gasteiger partial charge in [0.25, 0.3) is 11.5 Å². The third-order valence-electron chi connectivity index (χ3n) is 4.89. The first kappa shape index (κ1) is 22.2. The van der Waals surface area contributed by atoms with Crippen molar-refractivity contribution in [2.45, 2.75) is 42.8 Å². The van der Waals surface area contributed by atoms with Gasteiger partial charge in [0.05, 0.1) is 5.39 Å². The van der Waals surface area contributed by atoms with Gasteiger partial charge in [-0.25, -0.2) is 4.68 Å². The van der Waals surface area contributed by atoms with E-state index >= 15 is 0 Å². The minimum Gasteiger partial charge on any atom is -0.295 e. The molecule has 2 aromatic carbocycles. The van der Waals surface area contributed by atoms with Gasteiger partial charge >= 0.3 is 0 Å². The number of unbranched alkanes of at least 4 members (excludes halogenated alkanes) is 2. The Morgan fingerprint density at radius 2 is 1.78 bits per heavy atom. The quantitative estimate of drug-likeness (QED) is 0.213. The minimum atomic E-state index is -0.402. The Bertz CT molecular complexity index is 1270. The van der Waals surface area contributed by atoms with Crippen LogP contribution in [0.4, 0.5) is 5.13 Å². The molecule has 4 rings (SSSR count). The van der Waals surface area contributed by atoms with Crippen molar-refractivity contribution in [2.24, 2.45) is 0 Å². The van der Waals surface area contributed by atoms with E-state index in [1.807, 2.05) is 18.2 Å². The average molecular weight is 466 g/mol. The van der Waals surface area contributed by atoms with Crippen molar-refractivity contribution < 1.29 is 4.79 Å². The van der Waals surface area contributed by atoms with Crippen LogP contribution in [-0.2, 0) is 12.3 Å². The number of aryl methyl sites for hydroxylation is 1. The number of carbonyl (C=O) groups excluding carboxylic acids is 1. The van der Waals surface area contributed by atoms with E-state index in [1.54, 1.807) is 36.0 Å². The summed E-state index contributed by atoms with van der Waals surface area (Å²) in [6.45, 7) is 2.58. The molecule has 0 spiro atoms. The summed E-state index contributed by atoms with van der Waals surface area (Å²) >= 11 is 2.89. The molecule has 2 heterocycles. The van der Waals surface area contributed by atoms with E-state index in [0.717, 1.165) is 29.4 Å². The molecule has 2 aromatic heterocycles. The molecular weight excluding hydrogens is 442 g/mol. The summed E-state index contributed by atoms with van der Waals surface area (Å²) in [7, 11) is 0. The second kappa shape index (κ2) is 10.5. The van der Waals surface area contributed by atoms with Crippen LogP contribution in [0.1, 0.15) is 42.2 Å². The van der Waals surface area contributed by atoms with Gasteiger partial charge in [0.15, 0.2) is 10.0 Å². The van der Waals surface area contributed by atoms with Gasteiger partial charge in [0, 0.05) is 17.7 Å². The Hall–Kier alpha value is -3.04. The van der Waals surface area contributed by atoms with Crippen LogP contribution in [0.2, 0.25) is 0 Å². The summed E-state index contributed by atoms with van der Waals surface area (Å²) in [5, 5.41) is 16.9. The van der Waals surface area contributed by atoms with Gasteiger partial charge in [0.2, 0.25) is 5.13 Å². The van der Waals surface area contributed by atoms with E-state index in [4.69, 9.17) is 0 Å². The minimum absolute atomic E-state index is 0.177. The van der Waals surface area contributed by atoms with Gasteiger partial charge in [-0.1, -0.05) is 91.4 Å². The maximum Gasteiger partial charge on any atom is 0.278 e. The van der Waals surface area contributed by atoms with Crippen LogP contribution in [0, 0.1) is 0 Å². The van der Waals surface area contributed by atoms with Crippen molar-refractivity contribution in [1.29, 1.82) is 0 Å². The van der Waals surface area contributed by atoms with E-state index in [-0.39, 0.29) is 11.3 Å². The number of anilines is 1. The summed E-state index contributed by atoms with van der Waals surface area (Å²) < 4.78 is 2.17. The molecule has 1 amide bonds. The molecule has 1 N–H and O–H groups in total. The molecule has 0 unspecified atom stereocenters. The molecule has 7 nitrogen and oxygen atoms in total. The lowest BCUT2D eigenvalue weighted by Crippen LogP contribution is -2.27. The third-order valence-corrected chi connectivity index (χ3v) is 6.93. The summed E-state index contributed by atoms with van der Waals surface area (Å²) in [6.07, 6.45) is 2.87. The van der Waals surface area contributed by atoms with E-state index in [9.17, 15) is 9.59 Å². The smallest absolute Gasteiger partial charge is 0.278 e. The van der Waals surface area contributed by atoms with Crippen LogP contribution >= 0.6 is 23.1 Å². The van der Waals surface area contributed by atoms with E-state index < -0.39 is 5.91 Å². The first-order valence-corrected chi connectivity index (χ1v) is 12.3. The van der Waals surface area contributed by atoms with Crippen molar-refractivity contribution in [1.82, 2.24) is 20.0 Å². The van der Waals surface area contributed by atoms with Crippen molar-refractivity contribution in [3.05, 3.63) is 76.2 Å². The fourth-order valence-corrected chi connectivity index (χ4v) is 4.96. The van der Waals surface area contributed by atoms with Crippen molar-refractivity contribution in [2.75, 3.05) is 5.32 Å². The van der Waals surface area contributed by atoms with Crippen molar-refractivity contribution in [3.63, 3.8) is 0 Å². The molecule has 0 bridgehead atoms. The Kier molecular flexibility index (Phi) is 7.28. The van der Waals surface area contributed by atoms with Crippen LogP contribution in [0.25, 0.3) is 10.8 Å². The van der Waals surface area contributed by atoms with E-state index in [1.165, 1.54) is 21.6 Å². The average Bonchev–Trinajstić information content (AvgIpc) is 3.27. The monoisotopic (exact) mass is 465 g/mol. The summed E-state index contributed by atoms with van der Waals surface area (Å²) in [4.78, 5) is 25.8. The van der Waals surface area contributed by atoms with Gasteiger partial charge in [-0.05, 0) is 18.1 Å². The highest BCUT2D eigenvalue weighted by Gasteiger charge is 2.18. The molecule has 0 atom stereocenters. The molecule has 0 aliphatic carbocycles. The first-order chi connectivity index (χ1) is 15.7. The zero-order valence-electron chi connectivity index (χ0n) is 17.7. The second-order valence-electron chi connectivity index (χ2n) is 7.23. The van der Waals surface area contributed by atoms with E-state index in [2.05, 4.69) is 39.7 Å². The SMILES string of the molecule is CCCCCn1nc(C(=O)Nc2nnc(SCc3ccccc3)s2)c2ccccc2c1=O. The van der Waals surface area contributed by atoms with Crippen LogP contribution in [0.15, 0.2) is 63.7 Å². The lowest BCUT2D eigenvalue weighted by atomic mass is 10.1. The fraction of sp³-hybridized carbons (Fsp3) is 0.261. The standard InChI is InChI=1S/C23H23N5O2S2/c1-2-3-9-14-28-21(30)18-13-8-7-12-17(18)19(27-28)20(29)24-22-25-26-23(32-22)31-15-16-10-5-4-6-11-16/h4-8,10-13H,2-3,9,14-15H2,1H3,(H,24,25,29). The second-order valence-corrected chi connectivity index (χ2v) is 9.43. The summed E-state index contributed by atoms with van der Waals surface area (Å²) in [6, 6.07) is 17.2. The highest BCUT2D eigenvalue weighted by atomic mass is 32.2. The molecule has 0 fully saturated rings. The maximum absolute atomic E-state index is 13.1. The number of fused-ring (bicyclic) bond motifs is 1. The van der Waals surface area contributed by atoms with Crippen LogP contribution in [0.3, 0.4) is 0 Å². The van der Waals surface area contributed by atoms with Crippen LogP contribution in [-0.4, -0.2) is 25.9 Å². The maximum atomic E-state index is 13.1. The highest BCUT2D eigenvalue weighted by Crippen LogP contribution is 2.28. The van der Waals surface area contributed by atoms with Crippen molar-refractivity contribution >= 4 is 44.9 Å². The molecule has 32 heavy (non-hydrogen) atoms. The van der Waals surface area contributed by atoms with Gasteiger partial charge in [-0.3, -0.25) is 14.9 Å². The fourth-order valence-electron chi connectivity index (χ4n) is 3.26. The Labute approximate surface area is 193 Å². The molecule has 4 aromatic rings. The molecule has 0 saturated carbocycles. The first-order valence-electron chi connectivity index (χ1n) is 10.5. The Morgan fingerprint density at radius 1 is 1.03 bits per heavy atom. The number of aromatic nitrogens is 4. The lowest BCUT2D eigenvalue weighted by Gasteiger charge is -2.10. The number of hydrogen-bond donors (Lipinski definition) is 1. The van der Waals surface area contributed by atoms with Crippen molar-refractivity contribution in [3.8, 4) is 0 Å². The topological polar surface area (TPSA) is 89.8 Å². The largest absolute Gasteiger partial charge is 0.295 e. The highest BCUT2D eigenvalue weighted by molar-refractivity contribution is 8.00. The number of thioether (sulfide) groups is 1. The molecule has 0 saturated heterocycles. The molecule has 9 heteroatoms. The number of nitrogens with zero attached hydrogens (tertiary/aromatic N) is 4. The predicted molar refractivity (Wildman–Crippen MR) is 129 cm³/mol. The molecule has 0 radical (unpaired) electrons. The van der Waals surface area contributed by atoms with E-state index in [0.29, 0.717) is 22.4 Å². The zero-order valence-corrected chi connectivity index (χ0v) is 19.3. The number of benzene rings is 2. The molecular formula is C23H23N5O2S2. The molecule has 0 aliphatic heterocycles. The Morgan fingerprint density at radius 3 is 2.56 bits per heavy atom. The number of amides is 1. The number of rotatable bonds is 9. The van der Waals surface area contributed by atoms with Crippen LogP contribution in [0.5, 0.6) is 0 Å². The number of carbonyl (C=O) groups is 1. The van der Waals surface area contributed by atoms with Gasteiger partial charge in [0.1, 0.15) is 0 Å². The van der Waals surface area contributed by atoms with Gasteiger partial charge < -0.3 is 0 Å². The molecule has 164 valence electrons. The van der Waals surface area contributed by atoms with Gasteiger partial charge in [-0.2, -0.15) is 5.10 Å². The molecule has 0 aliphatic rings. The number of hydrogen-bond acceptors (Lipinski definition) is 7. The zero-order chi connectivity index (χ0) is 22.3. The summed E-state index contributed by atoms with van der Waals surface area (Å²) in [5.41, 5.74) is 1.23. The normalized spacial score (nSPS) is 11.0. The lowest BCUT2D eigenvalue weighted by molar-refractivity contribution is 0.102. The predicted octanol–water partition coefficient (Wildman–Crippen LogP) is 4.98. The van der Waals surface area contributed by atoms with Gasteiger partial charge in [-0.15, -0.1) is 10.2 Å². The third kappa shape index (κ3) is 5.23. The van der Waals surface area contributed by atoms with Crippen LogP contribution < -0.4 is 10.9 Å². The number of nitrogens with one attached hydrogen (secondary N) is 1. The summed E-state index contributed by atoms with van der Waals surface area (Å²) in [5.74, 6) is 0.374.